The Hall–Kier alpha value is -1.96. The Kier molecular flexibility index (Phi) is 4.40. The molecular formula is C11H10F2N2O. The number of hydrogen-bond acceptors (Lipinski definition) is 2. The molecule has 1 aromatic carbocycles. The molecule has 1 amide bonds. The normalized spacial score (nSPS) is 11.9. The molecule has 0 fully saturated rings. The molecule has 0 saturated carbocycles. The van der Waals surface area contributed by atoms with Crippen LogP contribution in [0.5, 0.6) is 0 Å². The Balaban J connectivity index is 2.69. The van der Waals surface area contributed by atoms with E-state index in [2.05, 4.69) is 0 Å². The first-order valence-corrected chi connectivity index (χ1v) is 4.65. The number of rotatable bonds is 4. The van der Waals surface area contributed by atoms with Crippen molar-refractivity contribution < 1.29 is 13.6 Å². The van der Waals surface area contributed by atoms with E-state index in [4.69, 9.17) is 5.26 Å². The molecule has 5 heteroatoms. The van der Waals surface area contributed by atoms with Crippen LogP contribution >= 0.6 is 0 Å². The number of alkyl halides is 2. The van der Waals surface area contributed by atoms with E-state index in [-0.39, 0.29) is 0 Å². The fraction of sp³-hybridized carbons (Fsp3) is 0.273. The zero-order chi connectivity index (χ0) is 12.0. The van der Waals surface area contributed by atoms with E-state index >= 15 is 0 Å². The van der Waals surface area contributed by atoms with E-state index in [9.17, 15) is 13.6 Å². The van der Waals surface area contributed by atoms with Gasteiger partial charge in [0.1, 0.15) is 5.92 Å². The monoisotopic (exact) mass is 224 g/mol. The lowest BCUT2D eigenvalue weighted by Crippen LogP contribution is -2.32. The van der Waals surface area contributed by atoms with Crippen molar-refractivity contribution in [3.63, 3.8) is 0 Å². The van der Waals surface area contributed by atoms with Crippen LogP contribution in [0.3, 0.4) is 0 Å². The first kappa shape index (κ1) is 12.1. The second-order valence-electron chi connectivity index (χ2n) is 3.11. The first-order chi connectivity index (χ1) is 7.65. The second-order valence-corrected chi connectivity index (χ2v) is 3.11. The SMILES string of the molecule is N#CC(C(=O)NCC(F)F)c1ccccc1. The van der Waals surface area contributed by atoms with Crippen molar-refractivity contribution in [1.82, 2.24) is 5.32 Å². The molecule has 1 unspecified atom stereocenters. The molecule has 0 bridgehead atoms. The molecule has 84 valence electrons. The third kappa shape index (κ3) is 3.31. The molecule has 0 aliphatic rings. The molecule has 0 aliphatic carbocycles. The van der Waals surface area contributed by atoms with Crippen molar-refractivity contribution in [2.24, 2.45) is 0 Å². The van der Waals surface area contributed by atoms with Gasteiger partial charge in [0.2, 0.25) is 5.91 Å². The quantitative estimate of drug-likeness (QED) is 0.845. The summed E-state index contributed by atoms with van der Waals surface area (Å²) < 4.78 is 23.7. The predicted octanol–water partition coefficient (Wildman–Crippen LogP) is 1.68. The third-order valence-electron chi connectivity index (χ3n) is 1.95. The Morgan fingerprint density at radius 1 is 1.38 bits per heavy atom. The fourth-order valence-electron chi connectivity index (χ4n) is 1.21. The highest BCUT2D eigenvalue weighted by Gasteiger charge is 2.20. The molecule has 1 aromatic rings. The van der Waals surface area contributed by atoms with E-state index in [1.807, 2.05) is 5.32 Å². The maximum atomic E-state index is 11.9. The van der Waals surface area contributed by atoms with Crippen LogP contribution in [0, 0.1) is 11.3 Å². The van der Waals surface area contributed by atoms with E-state index in [1.165, 1.54) is 0 Å². The Bertz CT molecular complexity index is 387. The number of halogens is 2. The maximum absolute atomic E-state index is 11.9. The number of benzene rings is 1. The van der Waals surface area contributed by atoms with Crippen LogP contribution < -0.4 is 5.32 Å². The lowest BCUT2D eigenvalue weighted by atomic mass is 10.00. The highest BCUT2D eigenvalue weighted by atomic mass is 19.3. The summed E-state index contributed by atoms with van der Waals surface area (Å²) in [4.78, 5) is 11.4. The van der Waals surface area contributed by atoms with Crippen LogP contribution in [0.25, 0.3) is 0 Å². The average Bonchev–Trinajstić information content (AvgIpc) is 2.29. The minimum absolute atomic E-state index is 0.497. The van der Waals surface area contributed by atoms with Crippen molar-refractivity contribution in [3.8, 4) is 6.07 Å². The van der Waals surface area contributed by atoms with Crippen LogP contribution in [-0.2, 0) is 4.79 Å². The summed E-state index contributed by atoms with van der Waals surface area (Å²) in [5.41, 5.74) is 0.497. The number of nitrogens with one attached hydrogen (secondary N) is 1. The van der Waals surface area contributed by atoms with Gasteiger partial charge >= 0.3 is 0 Å². The van der Waals surface area contributed by atoms with Crippen molar-refractivity contribution in [1.29, 1.82) is 5.26 Å². The van der Waals surface area contributed by atoms with E-state index in [0.717, 1.165) is 0 Å². The molecule has 1 N–H and O–H groups in total. The Morgan fingerprint density at radius 2 is 2.00 bits per heavy atom. The summed E-state index contributed by atoms with van der Waals surface area (Å²) in [6.45, 7) is -0.732. The van der Waals surface area contributed by atoms with Crippen LogP contribution in [-0.4, -0.2) is 18.9 Å². The molecule has 0 radical (unpaired) electrons. The van der Waals surface area contributed by atoms with Crippen LogP contribution in [0.4, 0.5) is 8.78 Å². The van der Waals surface area contributed by atoms with Gasteiger partial charge in [-0.15, -0.1) is 0 Å². The van der Waals surface area contributed by atoms with Crippen molar-refractivity contribution in [2.75, 3.05) is 6.54 Å². The molecule has 1 rings (SSSR count). The fourth-order valence-corrected chi connectivity index (χ4v) is 1.21. The van der Waals surface area contributed by atoms with Gasteiger partial charge in [0.15, 0.2) is 0 Å². The van der Waals surface area contributed by atoms with E-state index in [1.54, 1.807) is 36.4 Å². The van der Waals surface area contributed by atoms with Gasteiger partial charge in [-0.3, -0.25) is 4.79 Å². The molecule has 0 aromatic heterocycles. The lowest BCUT2D eigenvalue weighted by Gasteiger charge is -2.09. The van der Waals surface area contributed by atoms with Crippen molar-refractivity contribution in [2.45, 2.75) is 12.3 Å². The number of nitriles is 1. The second kappa shape index (κ2) is 5.81. The van der Waals surface area contributed by atoms with Gasteiger partial charge in [-0.25, -0.2) is 8.78 Å². The third-order valence-corrected chi connectivity index (χ3v) is 1.95. The molecule has 0 heterocycles. The van der Waals surface area contributed by atoms with Gasteiger partial charge in [0.05, 0.1) is 12.6 Å². The number of carbonyl (C=O) groups excluding carboxylic acids is 1. The lowest BCUT2D eigenvalue weighted by molar-refractivity contribution is -0.122. The zero-order valence-corrected chi connectivity index (χ0v) is 8.36. The van der Waals surface area contributed by atoms with Gasteiger partial charge in [-0.2, -0.15) is 5.26 Å². The summed E-state index contributed by atoms with van der Waals surface area (Å²) >= 11 is 0. The Morgan fingerprint density at radius 3 is 2.50 bits per heavy atom. The van der Waals surface area contributed by atoms with Crippen LogP contribution in [0.2, 0.25) is 0 Å². The van der Waals surface area contributed by atoms with Gasteiger partial charge in [-0.1, -0.05) is 30.3 Å². The summed E-state index contributed by atoms with van der Waals surface area (Å²) in [6.07, 6.45) is -2.61. The standard InChI is InChI=1S/C11H10F2N2O/c12-10(13)7-15-11(16)9(6-14)8-4-2-1-3-5-8/h1-5,9-10H,7H2,(H,15,16). The summed E-state index contributed by atoms with van der Waals surface area (Å²) in [5.74, 6) is -1.74. The van der Waals surface area contributed by atoms with Gasteiger partial charge in [0, 0.05) is 0 Å². The van der Waals surface area contributed by atoms with E-state index in [0.29, 0.717) is 5.56 Å². The molecule has 1 atom stereocenters. The zero-order valence-electron chi connectivity index (χ0n) is 8.36. The molecular weight excluding hydrogens is 214 g/mol. The minimum atomic E-state index is -2.61. The number of carbonyl (C=O) groups is 1. The molecule has 0 spiro atoms. The number of nitrogens with zero attached hydrogens (tertiary/aromatic N) is 1. The van der Waals surface area contributed by atoms with E-state index < -0.39 is 24.8 Å². The van der Waals surface area contributed by atoms with Gasteiger partial charge < -0.3 is 5.32 Å². The highest BCUT2D eigenvalue weighted by molar-refractivity contribution is 5.86. The summed E-state index contributed by atoms with van der Waals surface area (Å²) in [5, 5.41) is 10.8. The number of amides is 1. The molecule has 16 heavy (non-hydrogen) atoms. The largest absolute Gasteiger partial charge is 0.349 e. The summed E-state index contributed by atoms with van der Waals surface area (Å²) in [7, 11) is 0. The average molecular weight is 224 g/mol. The molecule has 0 aliphatic heterocycles. The topological polar surface area (TPSA) is 52.9 Å². The summed E-state index contributed by atoms with van der Waals surface area (Å²) in [6, 6.07) is 10.1. The minimum Gasteiger partial charge on any atom is -0.349 e. The van der Waals surface area contributed by atoms with Crippen LogP contribution in [0.1, 0.15) is 11.5 Å². The van der Waals surface area contributed by atoms with Crippen LogP contribution in [0.15, 0.2) is 30.3 Å². The highest BCUT2D eigenvalue weighted by Crippen LogP contribution is 2.14. The van der Waals surface area contributed by atoms with Crippen molar-refractivity contribution in [3.05, 3.63) is 35.9 Å². The van der Waals surface area contributed by atoms with Gasteiger partial charge in [-0.05, 0) is 5.56 Å². The maximum Gasteiger partial charge on any atom is 0.255 e. The van der Waals surface area contributed by atoms with Gasteiger partial charge in [0.25, 0.3) is 6.43 Å². The molecule has 0 saturated heterocycles. The Labute approximate surface area is 91.7 Å². The predicted molar refractivity (Wildman–Crippen MR) is 53.8 cm³/mol. The van der Waals surface area contributed by atoms with Crippen molar-refractivity contribution >= 4 is 5.91 Å². The first-order valence-electron chi connectivity index (χ1n) is 4.65. The molecule has 3 nitrogen and oxygen atoms in total. The number of hydrogen-bond donors (Lipinski definition) is 1. The smallest absolute Gasteiger partial charge is 0.255 e.